The summed E-state index contributed by atoms with van der Waals surface area (Å²) in [6.45, 7) is 1.22. The molecule has 2 fully saturated rings. The summed E-state index contributed by atoms with van der Waals surface area (Å²) >= 11 is 0. The second kappa shape index (κ2) is 13.2. The molecule has 2 aliphatic heterocycles. The molecule has 0 bridgehead atoms. The lowest BCUT2D eigenvalue weighted by Crippen LogP contribution is -2.74. The van der Waals surface area contributed by atoms with Crippen LogP contribution in [-0.2, 0) is 40.1 Å². The highest BCUT2D eigenvalue weighted by molar-refractivity contribution is 5.92. The molecular weight excluding hydrogens is 589 g/mol. The van der Waals surface area contributed by atoms with E-state index in [-0.39, 0.29) is 50.0 Å². The molecule has 0 aromatic heterocycles. The van der Waals surface area contributed by atoms with Gasteiger partial charge in [-0.1, -0.05) is 54.1 Å². The van der Waals surface area contributed by atoms with Gasteiger partial charge in [0.05, 0.1) is 25.1 Å². The van der Waals surface area contributed by atoms with Crippen LogP contribution in [0.3, 0.4) is 0 Å². The average molecular weight is 625 g/mol. The molecule has 0 spiro atoms. The third-order valence-corrected chi connectivity index (χ3v) is 8.16. The molecule has 2 aliphatic rings. The number of halogens is 3. The van der Waals surface area contributed by atoms with E-state index in [2.05, 4.69) is 0 Å². The maximum atomic E-state index is 14.0. The second-order valence-corrected chi connectivity index (χ2v) is 11.3. The Balaban J connectivity index is 1.43. The molecule has 5 rings (SSSR count). The van der Waals surface area contributed by atoms with E-state index >= 15 is 0 Å². The number of benzene rings is 3. The molecular formula is C33H35F3N4O5. The summed E-state index contributed by atoms with van der Waals surface area (Å²) in [6, 6.07) is 19.0. The smallest absolute Gasteiger partial charge is 0.416 e. The van der Waals surface area contributed by atoms with Crippen molar-refractivity contribution in [1.29, 1.82) is 0 Å². The number of amides is 3. The number of hydrogen-bond acceptors (Lipinski definition) is 6. The average Bonchev–Trinajstić information content (AvgIpc) is 3.02. The van der Waals surface area contributed by atoms with E-state index in [4.69, 9.17) is 15.2 Å². The Morgan fingerprint density at radius 2 is 1.64 bits per heavy atom. The Bertz CT molecular complexity index is 1530. The first-order chi connectivity index (χ1) is 21.5. The zero-order valence-electron chi connectivity index (χ0n) is 25.0. The summed E-state index contributed by atoms with van der Waals surface area (Å²) in [5, 5.41) is 0. The lowest BCUT2D eigenvalue weighted by molar-refractivity contribution is -0.172. The molecule has 0 saturated carbocycles. The highest BCUT2D eigenvalue weighted by atomic mass is 19.4. The van der Waals surface area contributed by atoms with Crippen molar-refractivity contribution in [3.8, 4) is 5.75 Å². The van der Waals surface area contributed by atoms with Crippen molar-refractivity contribution < 1.29 is 37.0 Å². The number of hydrogen-bond donors (Lipinski definition) is 1. The van der Waals surface area contributed by atoms with Gasteiger partial charge in [-0.05, 0) is 54.3 Å². The molecule has 0 aliphatic carbocycles. The van der Waals surface area contributed by atoms with Crippen LogP contribution in [0.1, 0.15) is 27.8 Å². The molecule has 9 nitrogen and oxygen atoms in total. The SMILES string of the molecule is COc1ccc(C[C@H]2CN(C(=O)OCc3cc(C)cc(C(F)(F)F)c3)[C@H]3CN(Cc4ccccc4)C(=O)[C@H](CN)N3C2=O)cc1. The third-order valence-electron chi connectivity index (χ3n) is 8.16. The number of alkyl halides is 3. The van der Waals surface area contributed by atoms with Crippen LogP contribution in [0.25, 0.3) is 0 Å². The molecule has 3 amide bonds. The fourth-order valence-electron chi connectivity index (χ4n) is 6.00. The van der Waals surface area contributed by atoms with Crippen LogP contribution in [0.5, 0.6) is 5.75 Å². The van der Waals surface area contributed by atoms with Gasteiger partial charge in [0.15, 0.2) is 0 Å². The molecule has 2 heterocycles. The largest absolute Gasteiger partial charge is 0.497 e. The van der Waals surface area contributed by atoms with E-state index in [1.165, 1.54) is 22.8 Å². The Kier molecular flexibility index (Phi) is 9.33. The van der Waals surface area contributed by atoms with Crippen molar-refractivity contribution in [1.82, 2.24) is 14.7 Å². The van der Waals surface area contributed by atoms with Crippen molar-refractivity contribution in [2.75, 3.05) is 26.7 Å². The van der Waals surface area contributed by atoms with Gasteiger partial charge in [0.1, 0.15) is 24.6 Å². The normalized spacial score (nSPS) is 20.2. The molecule has 2 N–H and O–H groups in total. The number of fused-ring (bicyclic) bond motifs is 1. The summed E-state index contributed by atoms with van der Waals surface area (Å²) in [7, 11) is 1.55. The summed E-state index contributed by atoms with van der Waals surface area (Å²) in [5.74, 6) is -0.715. The second-order valence-electron chi connectivity index (χ2n) is 11.3. The zero-order valence-corrected chi connectivity index (χ0v) is 25.0. The number of carbonyl (C=O) groups excluding carboxylic acids is 3. The molecule has 0 unspecified atom stereocenters. The molecule has 45 heavy (non-hydrogen) atoms. The number of carbonyl (C=O) groups is 3. The number of nitrogens with zero attached hydrogens (tertiary/aromatic N) is 3. The minimum atomic E-state index is -4.55. The van der Waals surface area contributed by atoms with Gasteiger partial charge in [-0.25, -0.2) is 4.79 Å². The fraction of sp³-hybridized carbons (Fsp3) is 0.364. The molecule has 0 radical (unpaired) electrons. The maximum absolute atomic E-state index is 14.0. The van der Waals surface area contributed by atoms with E-state index in [0.29, 0.717) is 11.3 Å². The van der Waals surface area contributed by atoms with E-state index in [1.54, 1.807) is 24.1 Å². The fourth-order valence-corrected chi connectivity index (χ4v) is 6.00. The highest BCUT2D eigenvalue weighted by Gasteiger charge is 2.51. The first kappa shape index (κ1) is 31.8. The minimum Gasteiger partial charge on any atom is -0.497 e. The standard InChI is InChI=1S/C33H35F3N4O5/c1-21-12-24(15-26(13-21)33(34,35)36)20-45-32(43)39-18-25(14-22-8-10-27(44-2)11-9-22)30(41)40-28(16-37)31(42)38(19-29(39)40)17-23-6-4-3-5-7-23/h3-13,15,25,28-29H,14,16-20,37H2,1-2H3/t25-,28-,29+/m0/s1. The van der Waals surface area contributed by atoms with Crippen molar-refractivity contribution in [2.24, 2.45) is 11.7 Å². The Morgan fingerprint density at radius 1 is 0.933 bits per heavy atom. The lowest BCUT2D eigenvalue weighted by atomic mass is 9.91. The van der Waals surface area contributed by atoms with Crippen LogP contribution >= 0.6 is 0 Å². The van der Waals surface area contributed by atoms with Crippen LogP contribution in [0.4, 0.5) is 18.0 Å². The zero-order chi connectivity index (χ0) is 32.3. The molecule has 3 atom stereocenters. The summed E-state index contributed by atoms with van der Waals surface area (Å²) in [6.07, 6.45) is -5.98. The van der Waals surface area contributed by atoms with Gasteiger partial charge < -0.3 is 25.0 Å². The predicted octanol–water partition coefficient (Wildman–Crippen LogP) is 4.36. The number of methoxy groups -OCH3 is 1. The molecule has 3 aromatic carbocycles. The van der Waals surface area contributed by atoms with Gasteiger partial charge in [0.2, 0.25) is 11.8 Å². The summed E-state index contributed by atoms with van der Waals surface area (Å²) in [5.41, 5.74) is 7.49. The number of rotatable bonds is 8. The predicted molar refractivity (Wildman–Crippen MR) is 159 cm³/mol. The van der Waals surface area contributed by atoms with Crippen molar-refractivity contribution >= 4 is 17.9 Å². The first-order valence-electron chi connectivity index (χ1n) is 14.6. The monoisotopic (exact) mass is 624 g/mol. The van der Waals surface area contributed by atoms with Gasteiger partial charge in [-0.2, -0.15) is 13.2 Å². The molecule has 3 aromatic rings. The van der Waals surface area contributed by atoms with Gasteiger partial charge in [-0.15, -0.1) is 0 Å². The maximum Gasteiger partial charge on any atom is 0.416 e. The van der Waals surface area contributed by atoms with Crippen LogP contribution in [-0.4, -0.2) is 71.6 Å². The Morgan fingerprint density at radius 3 is 2.29 bits per heavy atom. The molecule has 12 heteroatoms. The third kappa shape index (κ3) is 7.06. The highest BCUT2D eigenvalue weighted by Crippen LogP contribution is 2.33. The quantitative estimate of drug-likeness (QED) is 0.400. The van der Waals surface area contributed by atoms with Crippen LogP contribution in [0.2, 0.25) is 0 Å². The number of piperazine rings is 1. The summed E-state index contributed by atoms with van der Waals surface area (Å²) < 4.78 is 51.1. The summed E-state index contributed by atoms with van der Waals surface area (Å²) in [4.78, 5) is 45.7. The van der Waals surface area contributed by atoms with Crippen molar-refractivity contribution in [3.63, 3.8) is 0 Å². The van der Waals surface area contributed by atoms with Crippen LogP contribution in [0, 0.1) is 12.8 Å². The van der Waals surface area contributed by atoms with Crippen LogP contribution in [0.15, 0.2) is 72.8 Å². The number of aryl methyl sites for hydroxylation is 1. The van der Waals surface area contributed by atoms with E-state index < -0.39 is 42.6 Å². The van der Waals surface area contributed by atoms with E-state index in [1.807, 2.05) is 42.5 Å². The number of ether oxygens (including phenoxy) is 2. The Hall–Kier alpha value is -4.58. The van der Waals surface area contributed by atoms with Gasteiger partial charge >= 0.3 is 12.3 Å². The Labute approximate surface area is 259 Å². The van der Waals surface area contributed by atoms with E-state index in [9.17, 15) is 27.6 Å². The first-order valence-corrected chi connectivity index (χ1v) is 14.6. The number of nitrogens with two attached hydrogens (primary N) is 1. The topological polar surface area (TPSA) is 105 Å². The molecule has 238 valence electrons. The van der Waals surface area contributed by atoms with Gasteiger partial charge in [0.25, 0.3) is 0 Å². The van der Waals surface area contributed by atoms with Gasteiger partial charge in [0, 0.05) is 19.6 Å². The minimum absolute atomic E-state index is 0.0167. The molecule has 2 saturated heterocycles. The van der Waals surface area contributed by atoms with Crippen molar-refractivity contribution in [2.45, 2.75) is 44.9 Å². The lowest BCUT2D eigenvalue weighted by Gasteiger charge is -2.53. The van der Waals surface area contributed by atoms with Crippen molar-refractivity contribution in [3.05, 3.63) is 101 Å². The van der Waals surface area contributed by atoms with E-state index in [0.717, 1.165) is 23.3 Å². The van der Waals surface area contributed by atoms with Crippen LogP contribution < -0.4 is 10.5 Å². The van der Waals surface area contributed by atoms with Gasteiger partial charge in [-0.3, -0.25) is 14.5 Å².